The van der Waals surface area contributed by atoms with E-state index in [0.29, 0.717) is 19.5 Å². The number of likely N-dealkylation sites (tertiary alicyclic amines) is 2. The van der Waals surface area contributed by atoms with E-state index in [1.165, 1.54) is 31.5 Å². The fourth-order valence-electron chi connectivity index (χ4n) is 4.46. The van der Waals surface area contributed by atoms with Crippen LogP contribution in [0.5, 0.6) is 0 Å². The average Bonchev–Trinajstić information content (AvgIpc) is 3.29. The number of hydrogen-bond donors (Lipinski definition) is 1. The van der Waals surface area contributed by atoms with E-state index in [9.17, 15) is 9.59 Å². The highest BCUT2D eigenvalue weighted by atomic mass is 16.2. The number of rotatable bonds is 7. The summed E-state index contributed by atoms with van der Waals surface area (Å²) in [6.45, 7) is 4.48. The standard InChI is InChI=1S/C25H31N3O2/c29-23-10-4-5-17-28(23)24(22-8-2-1-3-9-22)25(30)26-18-20-11-13-21(14-12-20)19-27-15-6-7-16-27/h1-3,8-9,11-14,24H,4-7,10,15-19H2,(H,26,30). The number of benzene rings is 2. The number of hydrogen-bond acceptors (Lipinski definition) is 3. The van der Waals surface area contributed by atoms with Gasteiger partial charge in [-0.3, -0.25) is 14.5 Å². The van der Waals surface area contributed by atoms with Crippen LogP contribution in [0.4, 0.5) is 0 Å². The van der Waals surface area contributed by atoms with Crippen LogP contribution in [0.25, 0.3) is 0 Å². The van der Waals surface area contributed by atoms with Gasteiger partial charge in [0.25, 0.3) is 0 Å². The van der Waals surface area contributed by atoms with Crippen molar-refractivity contribution in [2.75, 3.05) is 19.6 Å². The smallest absolute Gasteiger partial charge is 0.247 e. The first-order valence-electron chi connectivity index (χ1n) is 11.1. The third-order valence-electron chi connectivity index (χ3n) is 6.13. The molecule has 0 radical (unpaired) electrons. The number of nitrogens with one attached hydrogen (secondary N) is 1. The second kappa shape index (κ2) is 9.90. The molecule has 5 heteroatoms. The van der Waals surface area contributed by atoms with Crippen molar-refractivity contribution < 1.29 is 9.59 Å². The van der Waals surface area contributed by atoms with E-state index >= 15 is 0 Å². The van der Waals surface area contributed by atoms with Crippen molar-refractivity contribution in [2.45, 2.75) is 51.2 Å². The quantitative estimate of drug-likeness (QED) is 0.765. The summed E-state index contributed by atoms with van der Waals surface area (Å²) >= 11 is 0. The second-order valence-electron chi connectivity index (χ2n) is 8.38. The van der Waals surface area contributed by atoms with Gasteiger partial charge in [-0.05, 0) is 55.5 Å². The van der Waals surface area contributed by atoms with Crippen molar-refractivity contribution in [1.29, 1.82) is 0 Å². The Labute approximate surface area is 179 Å². The molecule has 0 spiro atoms. The first kappa shape index (κ1) is 20.6. The van der Waals surface area contributed by atoms with Gasteiger partial charge in [0.15, 0.2) is 0 Å². The molecule has 2 aromatic rings. The minimum atomic E-state index is -0.562. The molecule has 158 valence electrons. The number of carbonyl (C=O) groups is 2. The van der Waals surface area contributed by atoms with Crippen LogP contribution in [0.3, 0.4) is 0 Å². The van der Waals surface area contributed by atoms with Crippen LogP contribution in [-0.4, -0.2) is 41.2 Å². The average molecular weight is 406 g/mol. The van der Waals surface area contributed by atoms with Crippen molar-refractivity contribution in [2.24, 2.45) is 0 Å². The lowest BCUT2D eigenvalue weighted by Crippen LogP contribution is -2.45. The summed E-state index contributed by atoms with van der Waals surface area (Å²) in [4.78, 5) is 29.9. The summed E-state index contributed by atoms with van der Waals surface area (Å²) in [5, 5.41) is 3.06. The molecule has 1 atom stereocenters. The van der Waals surface area contributed by atoms with Crippen LogP contribution in [0.2, 0.25) is 0 Å². The fourth-order valence-corrected chi connectivity index (χ4v) is 4.46. The molecule has 2 saturated heterocycles. The summed E-state index contributed by atoms with van der Waals surface area (Å²) < 4.78 is 0. The molecule has 0 saturated carbocycles. The van der Waals surface area contributed by atoms with Crippen LogP contribution in [0, 0.1) is 0 Å². The van der Waals surface area contributed by atoms with E-state index in [0.717, 1.165) is 30.5 Å². The zero-order valence-corrected chi connectivity index (χ0v) is 17.6. The summed E-state index contributed by atoms with van der Waals surface area (Å²) in [6.07, 6.45) is 4.97. The summed E-state index contributed by atoms with van der Waals surface area (Å²) in [6, 6.07) is 17.6. The maximum Gasteiger partial charge on any atom is 0.247 e. The molecule has 30 heavy (non-hydrogen) atoms. The molecule has 2 heterocycles. The third-order valence-corrected chi connectivity index (χ3v) is 6.13. The number of piperidine rings is 1. The van der Waals surface area contributed by atoms with Gasteiger partial charge in [-0.1, -0.05) is 54.6 Å². The maximum absolute atomic E-state index is 13.1. The third kappa shape index (κ3) is 5.08. The predicted molar refractivity (Wildman–Crippen MR) is 118 cm³/mol. The molecule has 1 unspecified atom stereocenters. The summed E-state index contributed by atoms with van der Waals surface area (Å²) in [5.41, 5.74) is 3.25. The Kier molecular flexibility index (Phi) is 6.80. The van der Waals surface area contributed by atoms with Gasteiger partial charge < -0.3 is 10.2 Å². The van der Waals surface area contributed by atoms with Gasteiger partial charge >= 0.3 is 0 Å². The first-order valence-corrected chi connectivity index (χ1v) is 11.1. The first-order chi connectivity index (χ1) is 14.7. The Morgan fingerprint density at radius 1 is 0.867 bits per heavy atom. The minimum Gasteiger partial charge on any atom is -0.350 e. The zero-order chi connectivity index (χ0) is 20.8. The Morgan fingerprint density at radius 3 is 2.23 bits per heavy atom. The summed E-state index contributed by atoms with van der Waals surface area (Å²) in [7, 11) is 0. The number of nitrogens with zero attached hydrogens (tertiary/aromatic N) is 2. The predicted octanol–water partition coefficient (Wildman–Crippen LogP) is 3.65. The Morgan fingerprint density at radius 2 is 1.53 bits per heavy atom. The van der Waals surface area contributed by atoms with Gasteiger partial charge in [0.05, 0.1) is 0 Å². The van der Waals surface area contributed by atoms with Crippen LogP contribution >= 0.6 is 0 Å². The molecule has 0 aromatic heterocycles. The Hall–Kier alpha value is -2.66. The fraction of sp³-hybridized carbons (Fsp3) is 0.440. The van der Waals surface area contributed by atoms with Gasteiger partial charge in [0.2, 0.25) is 11.8 Å². The maximum atomic E-state index is 13.1. The SMILES string of the molecule is O=C(NCc1ccc(CN2CCCC2)cc1)C(c1ccccc1)N1CCCCC1=O. The van der Waals surface area contributed by atoms with Gasteiger partial charge in [0, 0.05) is 26.1 Å². The largest absolute Gasteiger partial charge is 0.350 e. The van der Waals surface area contributed by atoms with Crippen LogP contribution in [-0.2, 0) is 22.7 Å². The van der Waals surface area contributed by atoms with E-state index in [-0.39, 0.29) is 11.8 Å². The molecular weight excluding hydrogens is 374 g/mol. The lowest BCUT2D eigenvalue weighted by molar-refractivity contribution is -0.142. The van der Waals surface area contributed by atoms with Gasteiger partial charge in [-0.15, -0.1) is 0 Å². The van der Waals surface area contributed by atoms with Crippen LogP contribution in [0.1, 0.15) is 54.8 Å². The topological polar surface area (TPSA) is 52.7 Å². The molecule has 0 bridgehead atoms. The van der Waals surface area contributed by atoms with E-state index in [1.54, 1.807) is 4.90 Å². The van der Waals surface area contributed by atoms with Gasteiger partial charge in [-0.25, -0.2) is 0 Å². The minimum absolute atomic E-state index is 0.0662. The van der Waals surface area contributed by atoms with Crippen molar-refractivity contribution >= 4 is 11.8 Å². The molecule has 2 aliphatic rings. The normalized spacial score (nSPS) is 18.4. The number of amides is 2. The molecular formula is C25H31N3O2. The second-order valence-corrected chi connectivity index (χ2v) is 8.38. The van der Waals surface area contributed by atoms with Crippen molar-refractivity contribution in [3.63, 3.8) is 0 Å². The molecule has 5 nitrogen and oxygen atoms in total. The highest BCUT2D eigenvalue weighted by Gasteiger charge is 2.32. The molecule has 2 amide bonds. The van der Waals surface area contributed by atoms with Crippen molar-refractivity contribution in [3.05, 3.63) is 71.3 Å². The van der Waals surface area contributed by atoms with Crippen LogP contribution < -0.4 is 5.32 Å². The summed E-state index contributed by atoms with van der Waals surface area (Å²) in [5.74, 6) is -0.0471. The molecule has 2 aliphatic heterocycles. The van der Waals surface area contributed by atoms with Crippen LogP contribution in [0.15, 0.2) is 54.6 Å². The lowest BCUT2D eigenvalue weighted by atomic mass is 10.0. The molecule has 0 aliphatic carbocycles. The Balaban J connectivity index is 1.40. The zero-order valence-electron chi connectivity index (χ0n) is 17.6. The molecule has 1 N–H and O–H groups in total. The van der Waals surface area contributed by atoms with E-state index in [1.807, 2.05) is 30.3 Å². The highest BCUT2D eigenvalue weighted by molar-refractivity contribution is 5.89. The molecule has 2 aromatic carbocycles. The van der Waals surface area contributed by atoms with E-state index in [2.05, 4.69) is 34.5 Å². The monoisotopic (exact) mass is 405 g/mol. The van der Waals surface area contributed by atoms with Crippen molar-refractivity contribution in [1.82, 2.24) is 15.1 Å². The number of carbonyl (C=O) groups excluding carboxylic acids is 2. The van der Waals surface area contributed by atoms with E-state index in [4.69, 9.17) is 0 Å². The van der Waals surface area contributed by atoms with Gasteiger partial charge in [-0.2, -0.15) is 0 Å². The van der Waals surface area contributed by atoms with E-state index < -0.39 is 6.04 Å². The highest BCUT2D eigenvalue weighted by Crippen LogP contribution is 2.26. The lowest BCUT2D eigenvalue weighted by Gasteiger charge is -2.34. The Bertz CT molecular complexity index is 844. The molecule has 2 fully saturated rings. The van der Waals surface area contributed by atoms with Gasteiger partial charge in [0.1, 0.15) is 6.04 Å². The van der Waals surface area contributed by atoms with Crippen molar-refractivity contribution in [3.8, 4) is 0 Å². The molecule has 4 rings (SSSR count).